The maximum absolute atomic E-state index is 12.9. The van der Waals surface area contributed by atoms with E-state index in [2.05, 4.69) is 5.32 Å². The van der Waals surface area contributed by atoms with Crippen molar-refractivity contribution in [3.05, 3.63) is 59.7 Å². The summed E-state index contributed by atoms with van der Waals surface area (Å²) in [5.41, 5.74) is 3.65. The van der Waals surface area contributed by atoms with E-state index >= 15 is 0 Å². The van der Waals surface area contributed by atoms with Crippen molar-refractivity contribution in [1.82, 2.24) is 0 Å². The summed E-state index contributed by atoms with van der Waals surface area (Å²) in [5, 5.41) is 3.10. The van der Waals surface area contributed by atoms with Gasteiger partial charge in [-0.15, -0.1) is 0 Å². The second kappa shape index (κ2) is 7.95. The van der Waals surface area contributed by atoms with Crippen molar-refractivity contribution in [2.45, 2.75) is 44.9 Å². The van der Waals surface area contributed by atoms with E-state index in [1.54, 1.807) is 0 Å². The van der Waals surface area contributed by atoms with Gasteiger partial charge < -0.3 is 10.2 Å². The molecule has 2 amide bonds. The highest BCUT2D eigenvalue weighted by Gasteiger charge is 2.25. The lowest BCUT2D eigenvalue weighted by Gasteiger charge is -2.30. The van der Waals surface area contributed by atoms with Crippen molar-refractivity contribution in [2.75, 3.05) is 16.8 Å². The van der Waals surface area contributed by atoms with Gasteiger partial charge in [0.15, 0.2) is 0 Å². The summed E-state index contributed by atoms with van der Waals surface area (Å²) in [7, 11) is 0. The van der Waals surface area contributed by atoms with Gasteiger partial charge in [-0.05, 0) is 61.6 Å². The van der Waals surface area contributed by atoms with E-state index in [0.717, 1.165) is 62.0 Å². The van der Waals surface area contributed by atoms with E-state index in [1.807, 2.05) is 53.4 Å². The molecule has 27 heavy (non-hydrogen) atoms. The molecular weight excluding hydrogens is 336 g/mol. The molecule has 4 rings (SSSR count). The average Bonchev–Trinajstić information content (AvgIpc) is 2.74. The van der Waals surface area contributed by atoms with Crippen LogP contribution < -0.4 is 10.2 Å². The summed E-state index contributed by atoms with van der Waals surface area (Å²) < 4.78 is 0. The third-order valence-corrected chi connectivity index (χ3v) is 5.71. The summed E-state index contributed by atoms with van der Waals surface area (Å²) in [5.74, 6) is 0.323. The van der Waals surface area contributed by atoms with Crippen LogP contribution in [0.5, 0.6) is 0 Å². The zero-order valence-electron chi connectivity index (χ0n) is 15.6. The fourth-order valence-corrected chi connectivity index (χ4v) is 4.23. The monoisotopic (exact) mass is 362 g/mol. The minimum atomic E-state index is 0.0375. The van der Waals surface area contributed by atoms with E-state index in [-0.39, 0.29) is 17.7 Å². The molecule has 2 aromatic carbocycles. The molecular formula is C23H26N2O2. The van der Waals surface area contributed by atoms with Crippen LogP contribution in [0, 0.1) is 5.92 Å². The van der Waals surface area contributed by atoms with Gasteiger partial charge >= 0.3 is 0 Å². The number of anilines is 2. The predicted octanol–water partition coefficient (Wildman–Crippen LogP) is 4.80. The lowest BCUT2D eigenvalue weighted by atomic mass is 9.88. The number of nitrogens with one attached hydrogen (secondary N) is 1. The number of aryl methyl sites for hydroxylation is 1. The molecule has 1 aliphatic carbocycles. The van der Waals surface area contributed by atoms with Crippen LogP contribution in [-0.2, 0) is 11.2 Å². The number of benzene rings is 2. The molecule has 2 aromatic rings. The number of hydrogen-bond acceptors (Lipinski definition) is 2. The SMILES string of the molecule is O=C(Nc1ccc2c(c1)CCCN2C(=O)c1ccccc1)C1CCCCC1. The topological polar surface area (TPSA) is 49.4 Å². The van der Waals surface area contributed by atoms with Crippen LogP contribution in [0.25, 0.3) is 0 Å². The molecule has 1 aliphatic heterocycles. The largest absolute Gasteiger partial charge is 0.326 e. The maximum Gasteiger partial charge on any atom is 0.258 e. The van der Waals surface area contributed by atoms with Crippen LogP contribution >= 0.6 is 0 Å². The number of nitrogens with zero attached hydrogens (tertiary/aromatic N) is 1. The van der Waals surface area contributed by atoms with Crippen molar-refractivity contribution in [3.8, 4) is 0 Å². The Balaban J connectivity index is 1.51. The molecule has 1 N–H and O–H groups in total. The minimum absolute atomic E-state index is 0.0375. The predicted molar refractivity (Wildman–Crippen MR) is 108 cm³/mol. The van der Waals surface area contributed by atoms with Crippen molar-refractivity contribution in [1.29, 1.82) is 0 Å². The Morgan fingerprint density at radius 3 is 2.48 bits per heavy atom. The van der Waals surface area contributed by atoms with Gasteiger partial charge in [0, 0.05) is 29.4 Å². The first-order chi connectivity index (χ1) is 13.2. The van der Waals surface area contributed by atoms with Crippen LogP contribution in [-0.4, -0.2) is 18.4 Å². The fraction of sp³-hybridized carbons (Fsp3) is 0.391. The highest BCUT2D eigenvalue weighted by molar-refractivity contribution is 6.07. The Labute approximate surface area is 160 Å². The first kappa shape index (κ1) is 17.8. The second-order valence-electron chi connectivity index (χ2n) is 7.59. The van der Waals surface area contributed by atoms with Gasteiger partial charge in [0.2, 0.25) is 5.91 Å². The first-order valence-corrected chi connectivity index (χ1v) is 10.0. The summed E-state index contributed by atoms with van der Waals surface area (Å²) >= 11 is 0. The summed E-state index contributed by atoms with van der Waals surface area (Å²) in [6.07, 6.45) is 7.41. The Kier molecular flexibility index (Phi) is 5.23. The van der Waals surface area contributed by atoms with Crippen molar-refractivity contribution >= 4 is 23.2 Å². The molecule has 2 aliphatic rings. The smallest absolute Gasteiger partial charge is 0.258 e. The van der Waals surface area contributed by atoms with Gasteiger partial charge in [-0.2, -0.15) is 0 Å². The molecule has 4 heteroatoms. The van der Waals surface area contributed by atoms with Gasteiger partial charge in [-0.3, -0.25) is 9.59 Å². The Morgan fingerprint density at radius 2 is 1.70 bits per heavy atom. The molecule has 4 nitrogen and oxygen atoms in total. The molecule has 0 bridgehead atoms. The Hall–Kier alpha value is -2.62. The van der Waals surface area contributed by atoms with E-state index in [0.29, 0.717) is 5.56 Å². The van der Waals surface area contributed by atoms with Gasteiger partial charge in [0.25, 0.3) is 5.91 Å². The average molecular weight is 362 g/mol. The number of rotatable bonds is 3. The zero-order valence-corrected chi connectivity index (χ0v) is 15.6. The highest BCUT2D eigenvalue weighted by Crippen LogP contribution is 2.32. The second-order valence-corrected chi connectivity index (χ2v) is 7.59. The maximum atomic E-state index is 12.9. The number of hydrogen-bond donors (Lipinski definition) is 1. The number of carbonyl (C=O) groups is 2. The molecule has 0 spiro atoms. The van der Waals surface area contributed by atoms with Gasteiger partial charge in [0.05, 0.1) is 0 Å². The van der Waals surface area contributed by atoms with E-state index < -0.39 is 0 Å². The molecule has 0 unspecified atom stereocenters. The Morgan fingerprint density at radius 1 is 0.926 bits per heavy atom. The number of fused-ring (bicyclic) bond motifs is 1. The molecule has 0 saturated heterocycles. The third-order valence-electron chi connectivity index (χ3n) is 5.71. The molecule has 140 valence electrons. The van der Waals surface area contributed by atoms with Gasteiger partial charge in [-0.1, -0.05) is 37.5 Å². The van der Waals surface area contributed by atoms with E-state index in [1.165, 1.54) is 6.42 Å². The quantitative estimate of drug-likeness (QED) is 0.853. The molecule has 0 atom stereocenters. The van der Waals surface area contributed by atoms with Crippen molar-refractivity contribution < 1.29 is 9.59 Å². The van der Waals surface area contributed by atoms with Crippen LogP contribution in [0.3, 0.4) is 0 Å². The van der Waals surface area contributed by atoms with Crippen LogP contribution in [0.4, 0.5) is 11.4 Å². The van der Waals surface area contributed by atoms with Crippen molar-refractivity contribution in [3.63, 3.8) is 0 Å². The van der Waals surface area contributed by atoms with Crippen molar-refractivity contribution in [2.24, 2.45) is 5.92 Å². The Bertz CT molecular complexity index is 826. The standard InChI is InChI=1S/C23H26N2O2/c26-22(17-8-3-1-4-9-17)24-20-13-14-21-19(16-20)12-7-15-25(21)23(27)18-10-5-2-6-11-18/h2,5-6,10-11,13-14,16-17H,1,3-4,7-9,12,15H2,(H,24,26). The molecule has 0 radical (unpaired) electrons. The number of carbonyl (C=O) groups excluding carboxylic acids is 2. The van der Waals surface area contributed by atoms with Gasteiger partial charge in [0.1, 0.15) is 0 Å². The number of amides is 2. The zero-order chi connectivity index (χ0) is 18.6. The lowest BCUT2D eigenvalue weighted by molar-refractivity contribution is -0.120. The molecule has 1 saturated carbocycles. The third kappa shape index (κ3) is 3.90. The summed E-state index contributed by atoms with van der Waals surface area (Å²) in [6, 6.07) is 15.4. The van der Waals surface area contributed by atoms with Crippen LogP contribution in [0.15, 0.2) is 48.5 Å². The normalized spacial score (nSPS) is 17.3. The minimum Gasteiger partial charge on any atom is -0.326 e. The van der Waals surface area contributed by atoms with E-state index in [9.17, 15) is 9.59 Å². The fourth-order valence-electron chi connectivity index (χ4n) is 4.23. The summed E-state index contributed by atoms with van der Waals surface area (Å²) in [4.78, 5) is 27.3. The van der Waals surface area contributed by atoms with Crippen LogP contribution in [0.2, 0.25) is 0 Å². The molecule has 0 aromatic heterocycles. The van der Waals surface area contributed by atoms with Gasteiger partial charge in [-0.25, -0.2) is 0 Å². The molecule has 1 heterocycles. The highest BCUT2D eigenvalue weighted by atomic mass is 16.2. The summed E-state index contributed by atoms with van der Waals surface area (Å²) in [6.45, 7) is 0.731. The molecule has 1 fully saturated rings. The van der Waals surface area contributed by atoms with Crippen LogP contribution in [0.1, 0.15) is 54.4 Å². The lowest BCUT2D eigenvalue weighted by Crippen LogP contribution is -2.35. The first-order valence-electron chi connectivity index (χ1n) is 10.0. The van der Waals surface area contributed by atoms with E-state index in [4.69, 9.17) is 0 Å².